The molecule has 0 aliphatic carbocycles. The highest BCUT2D eigenvalue weighted by molar-refractivity contribution is 6.02. The van der Waals surface area contributed by atoms with Crippen LogP contribution < -0.4 is 16.9 Å². The first-order valence-corrected chi connectivity index (χ1v) is 8.33. The van der Waals surface area contributed by atoms with E-state index in [1.807, 2.05) is 13.0 Å². The number of hydrazine groups is 1. The van der Waals surface area contributed by atoms with Crippen molar-refractivity contribution >= 4 is 17.6 Å². The summed E-state index contributed by atoms with van der Waals surface area (Å²) in [5.41, 5.74) is 6.90. The van der Waals surface area contributed by atoms with Crippen LogP contribution >= 0.6 is 0 Å². The normalized spacial score (nSPS) is 13.1. The van der Waals surface area contributed by atoms with Gasteiger partial charge in [0.1, 0.15) is 12.7 Å². The SMILES string of the molecule is C/C=C(\C=C/CF)C/C=C\N(N)CC(N)C(=O)Nc1ccccc1C(=O)O. The first-order valence-electron chi connectivity index (χ1n) is 8.33. The van der Waals surface area contributed by atoms with E-state index in [0.29, 0.717) is 6.42 Å². The van der Waals surface area contributed by atoms with Gasteiger partial charge in [0.15, 0.2) is 0 Å². The second kappa shape index (κ2) is 11.6. The Morgan fingerprint density at radius 3 is 2.67 bits per heavy atom. The summed E-state index contributed by atoms with van der Waals surface area (Å²) in [7, 11) is 0. The fourth-order valence-electron chi connectivity index (χ4n) is 2.18. The molecule has 1 aromatic carbocycles. The van der Waals surface area contributed by atoms with Crippen LogP contribution in [0, 0.1) is 0 Å². The third-order valence-electron chi connectivity index (χ3n) is 3.60. The van der Waals surface area contributed by atoms with E-state index >= 15 is 0 Å². The van der Waals surface area contributed by atoms with Gasteiger partial charge in [-0.25, -0.2) is 15.0 Å². The topological polar surface area (TPSA) is 122 Å². The number of nitrogens with one attached hydrogen (secondary N) is 1. The highest BCUT2D eigenvalue weighted by Gasteiger charge is 2.18. The van der Waals surface area contributed by atoms with Crippen LogP contribution in [0.25, 0.3) is 0 Å². The Bertz CT molecular complexity index is 731. The molecule has 6 N–H and O–H groups in total. The quantitative estimate of drug-likeness (QED) is 0.282. The van der Waals surface area contributed by atoms with E-state index in [-0.39, 0.29) is 17.8 Å². The molecule has 1 rings (SSSR count). The number of carboxylic acids is 1. The van der Waals surface area contributed by atoms with Crippen LogP contribution in [0.4, 0.5) is 10.1 Å². The van der Waals surface area contributed by atoms with Gasteiger partial charge in [-0.2, -0.15) is 0 Å². The standard InChI is InChI=1S/C19H25FN4O3/c1-2-14(7-5-11-20)8-6-12-24(22)13-16(21)18(25)23-17-10-4-3-9-15(17)19(26)27/h2-7,9-10,12,16H,8,11,13,21-22H2,1H3,(H,23,25)(H,26,27)/b7-5-,12-6-,14-2+. The number of alkyl halides is 1. The van der Waals surface area contributed by atoms with E-state index < -0.39 is 24.6 Å². The number of aromatic carboxylic acids is 1. The highest BCUT2D eigenvalue weighted by atomic mass is 19.1. The van der Waals surface area contributed by atoms with Crippen LogP contribution in [0.1, 0.15) is 23.7 Å². The molecule has 0 bridgehead atoms. The second-order valence-electron chi connectivity index (χ2n) is 5.65. The minimum atomic E-state index is -1.15. The molecule has 1 aromatic rings. The van der Waals surface area contributed by atoms with Gasteiger partial charge in [-0.15, -0.1) is 0 Å². The van der Waals surface area contributed by atoms with Crippen molar-refractivity contribution < 1.29 is 19.1 Å². The Balaban J connectivity index is 2.59. The van der Waals surface area contributed by atoms with Gasteiger partial charge < -0.3 is 21.2 Å². The Kier molecular flexibility index (Phi) is 9.49. The van der Waals surface area contributed by atoms with Gasteiger partial charge in [-0.05, 0) is 31.1 Å². The Morgan fingerprint density at radius 1 is 1.33 bits per heavy atom. The zero-order valence-corrected chi connectivity index (χ0v) is 15.1. The zero-order valence-electron chi connectivity index (χ0n) is 15.1. The summed E-state index contributed by atoms with van der Waals surface area (Å²) < 4.78 is 12.1. The Morgan fingerprint density at radius 2 is 2.04 bits per heavy atom. The van der Waals surface area contributed by atoms with Crippen LogP contribution in [-0.2, 0) is 4.79 Å². The van der Waals surface area contributed by atoms with E-state index in [9.17, 15) is 14.0 Å². The molecule has 0 spiro atoms. The summed E-state index contributed by atoms with van der Waals surface area (Å²) >= 11 is 0. The number of hydrogen-bond acceptors (Lipinski definition) is 5. The third kappa shape index (κ3) is 7.85. The number of carboxylic acid groups (broad SMARTS) is 1. The summed E-state index contributed by atoms with van der Waals surface area (Å²) in [4.78, 5) is 23.3. The van der Waals surface area contributed by atoms with Crippen LogP contribution in [0.5, 0.6) is 0 Å². The smallest absolute Gasteiger partial charge is 0.337 e. The van der Waals surface area contributed by atoms with Crippen LogP contribution in [-0.4, -0.2) is 41.3 Å². The lowest BCUT2D eigenvalue weighted by atomic mass is 10.1. The number of halogens is 1. The summed E-state index contributed by atoms with van der Waals surface area (Å²) in [6.07, 6.45) is 8.85. The van der Waals surface area contributed by atoms with Crippen molar-refractivity contribution in [1.82, 2.24) is 5.01 Å². The van der Waals surface area contributed by atoms with Gasteiger partial charge in [0, 0.05) is 6.20 Å². The number of carbonyl (C=O) groups is 2. The minimum absolute atomic E-state index is 0.0252. The van der Waals surface area contributed by atoms with Crippen molar-refractivity contribution in [2.24, 2.45) is 11.6 Å². The summed E-state index contributed by atoms with van der Waals surface area (Å²) in [6, 6.07) is 5.08. The number of nitrogens with zero attached hydrogens (tertiary/aromatic N) is 1. The second-order valence-corrected chi connectivity index (χ2v) is 5.65. The summed E-state index contributed by atoms with van der Waals surface area (Å²) in [5.74, 6) is 4.11. The molecule has 8 heteroatoms. The molecule has 0 heterocycles. The average molecular weight is 376 g/mol. The van der Waals surface area contributed by atoms with Gasteiger partial charge in [-0.3, -0.25) is 4.79 Å². The van der Waals surface area contributed by atoms with Crippen molar-refractivity contribution in [2.45, 2.75) is 19.4 Å². The van der Waals surface area contributed by atoms with Gasteiger partial charge >= 0.3 is 5.97 Å². The number of carbonyl (C=O) groups excluding carboxylic acids is 1. The molecule has 0 aromatic heterocycles. The molecule has 1 atom stereocenters. The van der Waals surface area contributed by atoms with Gasteiger partial charge in [0.25, 0.3) is 0 Å². The molecular weight excluding hydrogens is 351 g/mol. The van der Waals surface area contributed by atoms with Crippen LogP contribution in [0.15, 0.2) is 60.3 Å². The number of para-hydroxylation sites is 1. The zero-order chi connectivity index (χ0) is 20.2. The van der Waals surface area contributed by atoms with Crippen molar-refractivity contribution in [3.05, 3.63) is 65.9 Å². The molecule has 1 amide bonds. The first kappa shape index (κ1) is 22.1. The number of anilines is 1. The van der Waals surface area contributed by atoms with Crippen LogP contribution in [0.2, 0.25) is 0 Å². The van der Waals surface area contributed by atoms with Crippen molar-refractivity contribution in [3.8, 4) is 0 Å². The van der Waals surface area contributed by atoms with Crippen LogP contribution in [0.3, 0.4) is 0 Å². The molecule has 0 radical (unpaired) electrons. The number of hydrogen-bond donors (Lipinski definition) is 4. The van der Waals surface area contributed by atoms with Gasteiger partial charge in [0.2, 0.25) is 5.91 Å². The predicted octanol–water partition coefficient (Wildman–Crippen LogP) is 2.20. The first-order chi connectivity index (χ1) is 12.9. The third-order valence-corrected chi connectivity index (χ3v) is 3.60. The lowest BCUT2D eigenvalue weighted by Crippen LogP contribution is -2.46. The van der Waals surface area contributed by atoms with E-state index in [4.69, 9.17) is 16.7 Å². The number of benzene rings is 1. The minimum Gasteiger partial charge on any atom is -0.478 e. The van der Waals surface area contributed by atoms with Crippen molar-refractivity contribution in [1.29, 1.82) is 0 Å². The molecular formula is C19H25FN4O3. The van der Waals surface area contributed by atoms with E-state index in [0.717, 1.165) is 5.57 Å². The summed E-state index contributed by atoms with van der Waals surface area (Å²) in [6.45, 7) is 1.35. The maximum atomic E-state index is 12.2. The van der Waals surface area contributed by atoms with Crippen molar-refractivity contribution in [3.63, 3.8) is 0 Å². The maximum absolute atomic E-state index is 12.2. The lowest BCUT2D eigenvalue weighted by molar-refractivity contribution is -0.117. The number of allylic oxidation sites excluding steroid dienone is 5. The van der Waals surface area contributed by atoms with Gasteiger partial charge in [0.05, 0.1) is 17.8 Å². The largest absolute Gasteiger partial charge is 0.478 e. The van der Waals surface area contributed by atoms with E-state index in [1.54, 1.807) is 30.5 Å². The molecule has 0 saturated heterocycles. The molecule has 1 unspecified atom stereocenters. The fraction of sp³-hybridized carbons (Fsp3) is 0.263. The average Bonchev–Trinajstić information content (AvgIpc) is 2.64. The lowest BCUT2D eigenvalue weighted by Gasteiger charge is -2.19. The molecule has 0 aliphatic heterocycles. The molecule has 146 valence electrons. The molecule has 27 heavy (non-hydrogen) atoms. The predicted molar refractivity (Wildman–Crippen MR) is 104 cm³/mol. The van der Waals surface area contributed by atoms with E-state index in [2.05, 4.69) is 5.32 Å². The monoisotopic (exact) mass is 376 g/mol. The Hall–Kier alpha value is -2.97. The molecule has 0 fully saturated rings. The maximum Gasteiger partial charge on any atom is 0.337 e. The number of amides is 1. The van der Waals surface area contributed by atoms with Crippen molar-refractivity contribution in [2.75, 3.05) is 18.5 Å². The van der Waals surface area contributed by atoms with Gasteiger partial charge in [-0.1, -0.05) is 36.4 Å². The Labute approximate surface area is 157 Å². The number of nitrogens with two attached hydrogens (primary N) is 2. The number of rotatable bonds is 10. The summed E-state index contributed by atoms with van der Waals surface area (Å²) in [5, 5.41) is 12.9. The molecule has 0 aliphatic rings. The fourth-order valence-corrected chi connectivity index (χ4v) is 2.18. The molecule has 7 nitrogen and oxygen atoms in total. The molecule has 0 saturated carbocycles. The van der Waals surface area contributed by atoms with E-state index in [1.165, 1.54) is 23.2 Å². The highest BCUT2D eigenvalue weighted by Crippen LogP contribution is 2.15.